The van der Waals surface area contributed by atoms with Crippen molar-refractivity contribution in [2.75, 3.05) is 20.8 Å². The van der Waals surface area contributed by atoms with Crippen molar-refractivity contribution >= 4 is 5.91 Å². The van der Waals surface area contributed by atoms with Crippen molar-refractivity contribution < 1.29 is 18.7 Å². The Kier molecular flexibility index (Phi) is 5.97. The molecule has 0 saturated carbocycles. The zero-order chi connectivity index (χ0) is 16.7. The zero-order valence-corrected chi connectivity index (χ0v) is 13.3. The zero-order valence-electron chi connectivity index (χ0n) is 13.3. The summed E-state index contributed by atoms with van der Waals surface area (Å²) in [6.45, 7) is 0.459. The van der Waals surface area contributed by atoms with E-state index in [9.17, 15) is 9.18 Å². The highest BCUT2D eigenvalue weighted by molar-refractivity contribution is 5.79. The number of hydrogen-bond donors (Lipinski definition) is 1. The van der Waals surface area contributed by atoms with Crippen LogP contribution in [0.3, 0.4) is 0 Å². The number of benzene rings is 2. The van der Waals surface area contributed by atoms with E-state index in [4.69, 9.17) is 9.47 Å². The molecule has 0 bridgehead atoms. The summed E-state index contributed by atoms with van der Waals surface area (Å²) >= 11 is 0. The standard InChI is InChI=1S/C18H20FNO3/c1-22-16-7-6-14(17(12-16)23-2)11-18(21)20-9-8-13-4-3-5-15(19)10-13/h3-7,10,12H,8-9,11H2,1-2H3,(H,20,21). The molecule has 0 aliphatic rings. The molecule has 0 unspecified atom stereocenters. The number of halogens is 1. The first kappa shape index (κ1) is 16.8. The number of rotatable bonds is 7. The summed E-state index contributed by atoms with van der Waals surface area (Å²) in [5, 5.41) is 2.83. The van der Waals surface area contributed by atoms with Crippen LogP contribution in [0.2, 0.25) is 0 Å². The monoisotopic (exact) mass is 317 g/mol. The Hall–Kier alpha value is -2.56. The van der Waals surface area contributed by atoms with Crippen LogP contribution >= 0.6 is 0 Å². The topological polar surface area (TPSA) is 47.6 Å². The lowest BCUT2D eigenvalue weighted by atomic mass is 10.1. The van der Waals surface area contributed by atoms with E-state index in [1.165, 1.54) is 12.1 Å². The average molecular weight is 317 g/mol. The first-order valence-electron chi connectivity index (χ1n) is 7.34. The van der Waals surface area contributed by atoms with Crippen molar-refractivity contribution in [1.82, 2.24) is 5.32 Å². The maximum Gasteiger partial charge on any atom is 0.224 e. The first-order valence-corrected chi connectivity index (χ1v) is 7.34. The van der Waals surface area contributed by atoms with Crippen molar-refractivity contribution in [3.8, 4) is 11.5 Å². The number of methoxy groups -OCH3 is 2. The number of hydrogen-bond acceptors (Lipinski definition) is 3. The SMILES string of the molecule is COc1ccc(CC(=O)NCCc2cccc(F)c2)c(OC)c1. The third-order valence-corrected chi connectivity index (χ3v) is 3.47. The fraction of sp³-hybridized carbons (Fsp3) is 0.278. The number of nitrogens with one attached hydrogen (secondary N) is 1. The van der Waals surface area contributed by atoms with Crippen LogP contribution < -0.4 is 14.8 Å². The summed E-state index contributed by atoms with van der Waals surface area (Å²) in [6.07, 6.45) is 0.805. The van der Waals surface area contributed by atoms with Crippen molar-refractivity contribution in [2.24, 2.45) is 0 Å². The Balaban J connectivity index is 1.87. The molecule has 0 aromatic heterocycles. The second-order valence-electron chi connectivity index (χ2n) is 5.08. The number of carbonyl (C=O) groups is 1. The predicted octanol–water partition coefficient (Wildman–Crippen LogP) is 2.74. The highest BCUT2D eigenvalue weighted by atomic mass is 19.1. The van der Waals surface area contributed by atoms with Gasteiger partial charge in [0, 0.05) is 18.2 Å². The third kappa shape index (κ3) is 4.98. The molecule has 1 amide bonds. The second kappa shape index (κ2) is 8.17. The van der Waals surface area contributed by atoms with E-state index in [0.29, 0.717) is 24.5 Å². The summed E-state index contributed by atoms with van der Waals surface area (Å²) in [4.78, 5) is 12.0. The molecule has 2 aromatic carbocycles. The molecular formula is C18H20FNO3. The van der Waals surface area contributed by atoms with E-state index in [1.54, 1.807) is 32.4 Å². The lowest BCUT2D eigenvalue weighted by molar-refractivity contribution is -0.120. The summed E-state index contributed by atoms with van der Waals surface area (Å²) in [7, 11) is 3.13. The predicted molar refractivity (Wildman–Crippen MR) is 86.4 cm³/mol. The van der Waals surface area contributed by atoms with Gasteiger partial charge in [-0.25, -0.2) is 4.39 Å². The molecule has 0 aliphatic heterocycles. The molecule has 0 aliphatic carbocycles. The first-order chi connectivity index (χ1) is 11.1. The lowest BCUT2D eigenvalue weighted by Crippen LogP contribution is -2.27. The van der Waals surface area contributed by atoms with Gasteiger partial charge in [-0.3, -0.25) is 4.79 Å². The summed E-state index contributed by atoms with van der Waals surface area (Å²) in [5.41, 5.74) is 1.64. The van der Waals surface area contributed by atoms with Crippen LogP contribution in [0.5, 0.6) is 11.5 Å². The van der Waals surface area contributed by atoms with Gasteiger partial charge in [0.15, 0.2) is 0 Å². The van der Waals surface area contributed by atoms with Gasteiger partial charge in [-0.2, -0.15) is 0 Å². The van der Waals surface area contributed by atoms with Gasteiger partial charge in [0.05, 0.1) is 20.6 Å². The molecule has 0 atom stereocenters. The van der Waals surface area contributed by atoms with Crippen LogP contribution in [0, 0.1) is 5.82 Å². The molecule has 122 valence electrons. The summed E-state index contributed by atoms with van der Waals surface area (Å²) < 4.78 is 23.5. The van der Waals surface area contributed by atoms with Crippen LogP contribution in [0.15, 0.2) is 42.5 Å². The maximum absolute atomic E-state index is 13.1. The lowest BCUT2D eigenvalue weighted by Gasteiger charge is -2.11. The Labute approximate surface area is 135 Å². The molecular weight excluding hydrogens is 297 g/mol. The maximum atomic E-state index is 13.1. The number of carbonyl (C=O) groups excluding carboxylic acids is 1. The van der Waals surface area contributed by atoms with Crippen LogP contribution in [0.4, 0.5) is 4.39 Å². The molecule has 1 N–H and O–H groups in total. The van der Waals surface area contributed by atoms with Gasteiger partial charge in [-0.1, -0.05) is 18.2 Å². The van der Waals surface area contributed by atoms with E-state index >= 15 is 0 Å². The minimum Gasteiger partial charge on any atom is -0.497 e. The van der Waals surface area contributed by atoms with Crippen LogP contribution in [0.25, 0.3) is 0 Å². The number of ether oxygens (including phenoxy) is 2. The quantitative estimate of drug-likeness (QED) is 0.854. The molecule has 23 heavy (non-hydrogen) atoms. The highest BCUT2D eigenvalue weighted by Gasteiger charge is 2.09. The number of amides is 1. The molecule has 0 saturated heterocycles. The Morgan fingerprint density at radius 2 is 1.96 bits per heavy atom. The average Bonchev–Trinajstić information content (AvgIpc) is 2.55. The van der Waals surface area contributed by atoms with E-state index < -0.39 is 0 Å². The van der Waals surface area contributed by atoms with E-state index in [-0.39, 0.29) is 18.1 Å². The molecule has 0 spiro atoms. The van der Waals surface area contributed by atoms with Gasteiger partial charge in [0.25, 0.3) is 0 Å². The Morgan fingerprint density at radius 3 is 2.65 bits per heavy atom. The van der Waals surface area contributed by atoms with Crippen molar-refractivity contribution in [3.63, 3.8) is 0 Å². The Bertz CT molecular complexity index is 673. The Morgan fingerprint density at radius 1 is 1.13 bits per heavy atom. The molecule has 0 fully saturated rings. The van der Waals surface area contributed by atoms with Crippen molar-refractivity contribution in [2.45, 2.75) is 12.8 Å². The van der Waals surface area contributed by atoms with E-state index in [2.05, 4.69) is 5.32 Å². The largest absolute Gasteiger partial charge is 0.497 e. The van der Waals surface area contributed by atoms with Gasteiger partial charge in [0.1, 0.15) is 17.3 Å². The molecule has 0 heterocycles. The minimum atomic E-state index is -0.267. The third-order valence-electron chi connectivity index (χ3n) is 3.47. The minimum absolute atomic E-state index is 0.107. The van der Waals surface area contributed by atoms with Crippen LogP contribution in [0.1, 0.15) is 11.1 Å². The second-order valence-corrected chi connectivity index (χ2v) is 5.08. The van der Waals surface area contributed by atoms with Gasteiger partial charge in [-0.05, 0) is 30.2 Å². The molecule has 0 radical (unpaired) electrons. The molecule has 4 nitrogen and oxygen atoms in total. The molecule has 2 rings (SSSR count). The molecule has 5 heteroatoms. The van der Waals surface area contributed by atoms with Gasteiger partial charge < -0.3 is 14.8 Å². The van der Waals surface area contributed by atoms with Gasteiger partial charge >= 0.3 is 0 Å². The fourth-order valence-corrected chi connectivity index (χ4v) is 2.27. The fourth-order valence-electron chi connectivity index (χ4n) is 2.27. The highest BCUT2D eigenvalue weighted by Crippen LogP contribution is 2.24. The smallest absolute Gasteiger partial charge is 0.224 e. The summed E-state index contributed by atoms with van der Waals surface area (Å²) in [6, 6.07) is 11.7. The van der Waals surface area contributed by atoms with Crippen LogP contribution in [-0.4, -0.2) is 26.7 Å². The van der Waals surface area contributed by atoms with Crippen molar-refractivity contribution in [1.29, 1.82) is 0 Å². The van der Waals surface area contributed by atoms with E-state index in [1.807, 2.05) is 12.1 Å². The van der Waals surface area contributed by atoms with Gasteiger partial charge in [-0.15, -0.1) is 0 Å². The van der Waals surface area contributed by atoms with Crippen LogP contribution in [-0.2, 0) is 17.6 Å². The van der Waals surface area contributed by atoms with E-state index in [0.717, 1.165) is 11.1 Å². The summed E-state index contributed by atoms with van der Waals surface area (Å²) in [5.74, 6) is 0.920. The van der Waals surface area contributed by atoms with Crippen molar-refractivity contribution in [3.05, 3.63) is 59.4 Å². The molecule has 2 aromatic rings. The normalized spacial score (nSPS) is 10.2. The van der Waals surface area contributed by atoms with Gasteiger partial charge in [0.2, 0.25) is 5.91 Å².